The van der Waals surface area contributed by atoms with Gasteiger partial charge in [0.1, 0.15) is 36.4 Å². The van der Waals surface area contributed by atoms with Crippen molar-refractivity contribution in [3.63, 3.8) is 0 Å². The molecular formula is C35H35Cl2F3N6O5S. The standard InChI is InChI=1S/C35H35Cl2F3N6O5S/c1-21-24(7-8-26(31(21)36)49-16-15-45-13-11-44(2)12-14-45)29-30-28(18-41-32(29)37)52-43-33(30)51-27(34(47)48)17-22-5-3-4-6-25(22)50-19-23-9-10-42-46(23)20-35(38,39)40/h3-10,18,27H,11-17,19-20H2,1-2H3,(H,47,48)/t27-/m1/s1. The molecule has 11 nitrogen and oxygen atoms in total. The molecule has 0 bridgehead atoms. The van der Waals surface area contributed by atoms with E-state index in [0.29, 0.717) is 49.7 Å². The Hall–Kier alpha value is -4.15. The van der Waals surface area contributed by atoms with E-state index in [4.69, 9.17) is 37.4 Å². The molecule has 0 radical (unpaired) electrons. The van der Waals surface area contributed by atoms with Gasteiger partial charge in [0.25, 0.3) is 0 Å². The predicted molar refractivity (Wildman–Crippen MR) is 192 cm³/mol. The topological polar surface area (TPSA) is 115 Å². The molecule has 6 rings (SSSR count). The number of para-hydroxylation sites is 1. The zero-order valence-electron chi connectivity index (χ0n) is 28.2. The molecule has 3 aromatic heterocycles. The molecule has 0 amide bonds. The van der Waals surface area contributed by atoms with Gasteiger partial charge in [0, 0.05) is 57.1 Å². The number of carboxylic acid groups (broad SMARTS) is 1. The van der Waals surface area contributed by atoms with E-state index in [1.165, 1.54) is 12.3 Å². The molecule has 1 aliphatic rings. The van der Waals surface area contributed by atoms with Crippen LogP contribution in [0.1, 0.15) is 16.8 Å². The molecule has 0 unspecified atom stereocenters. The molecule has 1 N–H and O–H groups in total. The van der Waals surface area contributed by atoms with Crippen LogP contribution in [0.15, 0.2) is 54.9 Å². The number of nitrogens with zero attached hydrogens (tertiary/aromatic N) is 6. The Labute approximate surface area is 311 Å². The smallest absolute Gasteiger partial charge is 0.408 e. The highest BCUT2D eigenvalue weighted by molar-refractivity contribution is 7.13. The van der Waals surface area contributed by atoms with Gasteiger partial charge in [0.05, 0.1) is 20.8 Å². The highest BCUT2D eigenvalue weighted by Crippen LogP contribution is 2.44. The van der Waals surface area contributed by atoms with Gasteiger partial charge < -0.3 is 24.2 Å². The summed E-state index contributed by atoms with van der Waals surface area (Å²) in [5.74, 6) is -0.406. The number of carboxylic acids is 1. The number of carbonyl (C=O) groups is 1. The molecule has 52 heavy (non-hydrogen) atoms. The fraction of sp³-hybridized carbons (Fsp3) is 0.371. The molecule has 1 fully saturated rings. The summed E-state index contributed by atoms with van der Waals surface area (Å²) in [6.07, 6.45) is -3.23. The molecule has 17 heteroatoms. The van der Waals surface area contributed by atoms with Gasteiger partial charge in [-0.15, -0.1) is 0 Å². The van der Waals surface area contributed by atoms with Crippen molar-refractivity contribution >= 4 is 50.8 Å². The van der Waals surface area contributed by atoms with Crippen LogP contribution in [0.2, 0.25) is 10.2 Å². The van der Waals surface area contributed by atoms with E-state index in [-0.39, 0.29) is 35.5 Å². The number of benzene rings is 2. The SMILES string of the molecule is Cc1c(-c2c(Cl)ncc3snc(O[C@H](Cc4ccccc4OCc4ccnn4CC(F)(F)F)C(=O)O)c23)ccc(OCCN2CCN(C)CC2)c1Cl. The molecule has 276 valence electrons. The Morgan fingerprint density at radius 1 is 1.06 bits per heavy atom. The molecule has 1 atom stereocenters. The Bertz CT molecular complexity index is 2040. The first-order valence-corrected chi connectivity index (χ1v) is 17.9. The second kappa shape index (κ2) is 16.3. The summed E-state index contributed by atoms with van der Waals surface area (Å²) < 4.78 is 62.9. The first kappa shape index (κ1) is 37.6. The number of pyridine rings is 1. The van der Waals surface area contributed by atoms with Crippen LogP contribution in [0.4, 0.5) is 13.2 Å². The highest BCUT2D eigenvalue weighted by Gasteiger charge is 2.30. The lowest BCUT2D eigenvalue weighted by molar-refractivity contribution is -0.145. The number of aliphatic carboxylic acids is 1. The summed E-state index contributed by atoms with van der Waals surface area (Å²) in [6, 6.07) is 11.7. The zero-order chi connectivity index (χ0) is 37.0. The lowest BCUT2D eigenvalue weighted by Crippen LogP contribution is -2.45. The lowest BCUT2D eigenvalue weighted by Gasteiger charge is -2.32. The number of likely N-dealkylation sites (N-methyl/N-ethyl adjacent to an activating group) is 1. The van der Waals surface area contributed by atoms with E-state index in [1.54, 1.807) is 36.5 Å². The van der Waals surface area contributed by atoms with E-state index in [1.807, 2.05) is 13.0 Å². The third-order valence-corrected chi connectivity index (χ3v) is 10.3. The molecule has 0 saturated carbocycles. The summed E-state index contributed by atoms with van der Waals surface area (Å²) in [5, 5.41) is 15.0. The molecule has 0 aliphatic carbocycles. The first-order chi connectivity index (χ1) is 24.9. The van der Waals surface area contributed by atoms with Crippen LogP contribution in [0, 0.1) is 6.92 Å². The molecule has 1 aliphatic heterocycles. The van der Waals surface area contributed by atoms with E-state index in [0.717, 1.165) is 48.9 Å². The van der Waals surface area contributed by atoms with Gasteiger partial charge >= 0.3 is 12.1 Å². The van der Waals surface area contributed by atoms with Gasteiger partial charge in [0.15, 0.2) is 0 Å². The van der Waals surface area contributed by atoms with Gasteiger partial charge in [-0.25, -0.2) is 9.78 Å². The van der Waals surface area contributed by atoms with Crippen molar-refractivity contribution in [3.8, 4) is 28.5 Å². The van der Waals surface area contributed by atoms with Gasteiger partial charge in [-0.2, -0.15) is 22.6 Å². The number of hydrogen-bond donors (Lipinski definition) is 1. The van der Waals surface area contributed by atoms with Crippen LogP contribution < -0.4 is 14.2 Å². The molecule has 1 saturated heterocycles. The Kier molecular flexibility index (Phi) is 11.8. The quantitative estimate of drug-likeness (QED) is 0.118. The minimum Gasteiger partial charge on any atom is -0.491 e. The van der Waals surface area contributed by atoms with E-state index in [2.05, 4.69) is 31.3 Å². The second-order valence-corrected chi connectivity index (χ2v) is 13.9. The third-order valence-electron chi connectivity index (χ3n) is 8.74. The number of alkyl halides is 3. The average molecular weight is 780 g/mol. The van der Waals surface area contributed by atoms with E-state index < -0.39 is 24.8 Å². The summed E-state index contributed by atoms with van der Waals surface area (Å²) in [7, 11) is 2.11. The maximum atomic E-state index is 13.0. The Balaban J connectivity index is 1.21. The fourth-order valence-corrected chi connectivity index (χ4v) is 7.05. The van der Waals surface area contributed by atoms with Crippen molar-refractivity contribution in [2.45, 2.75) is 38.8 Å². The van der Waals surface area contributed by atoms with Crippen LogP contribution >= 0.6 is 34.7 Å². The molecule has 5 aromatic rings. The number of aromatic nitrogens is 4. The summed E-state index contributed by atoms with van der Waals surface area (Å²) in [6.45, 7) is 5.58. The number of rotatable bonds is 14. The van der Waals surface area contributed by atoms with Crippen LogP contribution in [0.5, 0.6) is 17.4 Å². The number of halogens is 5. The van der Waals surface area contributed by atoms with Crippen LogP contribution in [-0.4, -0.2) is 98.7 Å². The van der Waals surface area contributed by atoms with Gasteiger partial charge in [0.2, 0.25) is 12.0 Å². The van der Waals surface area contributed by atoms with Crippen molar-refractivity contribution in [1.29, 1.82) is 0 Å². The minimum atomic E-state index is -4.46. The van der Waals surface area contributed by atoms with Crippen molar-refractivity contribution in [3.05, 3.63) is 81.9 Å². The molecule has 4 heterocycles. The fourth-order valence-electron chi connectivity index (χ4n) is 5.89. The highest BCUT2D eigenvalue weighted by atomic mass is 35.5. The second-order valence-electron chi connectivity index (χ2n) is 12.3. The van der Waals surface area contributed by atoms with Crippen LogP contribution in [0.3, 0.4) is 0 Å². The predicted octanol–water partition coefficient (Wildman–Crippen LogP) is 7.01. The largest absolute Gasteiger partial charge is 0.491 e. The normalized spacial score (nSPS) is 14.8. The van der Waals surface area contributed by atoms with Crippen molar-refractivity contribution in [1.82, 2.24) is 28.9 Å². The Morgan fingerprint density at radius 3 is 2.58 bits per heavy atom. The van der Waals surface area contributed by atoms with E-state index >= 15 is 0 Å². The molecular weight excluding hydrogens is 744 g/mol. The number of piperazine rings is 1. The zero-order valence-corrected chi connectivity index (χ0v) is 30.5. The molecule has 2 aromatic carbocycles. The molecule has 0 spiro atoms. The van der Waals surface area contributed by atoms with Crippen molar-refractivity contribution < 1.29 is 37.3 Å². The van der Waals surface area contributed by atoms with Gasteiger partial charge in [-0.1, -0.05) is 47.5 Å². The summed E-state index contributed by atoms with van der Waals surface area (Å²) in [5.41, 5.74) is 2.48. The summed E-state index contributed by atoms with van der Waals surface area (Å²) >= 11 is 14.6. The monoisotopic (exact) mass is 778 g/mol. The third kappa shape index (κ3) is 8.89. The minimum absolute atomic E-state index is 0.0455. The number of ether oxygens (including phenoxy) is 3. The average Bonchev–Trinajstić information content (AvgIpc) is 3.72. The summed E-state index contributed by atoms with van der Waals surface area (Å²) in [4.78, 5) is 21.6. The van der Waals surface area contributed by atoms with Gasteiger partial charge in [-0.3, -0.25) is 9.58 Å². The van der Waals surface area contributed by atoms with Gasteiger partial charge in [-0.05, 0) is 60.4 Å². The maximum absolute atomic E-state index is 13.0. The van der Waals surface area contributed by atoms with E-state index in [9.17, 15) is 23.1 Å². The van der Waals surface area contributed by atoms with Crippen molar-refractivity contribution in [2.24, 2.45) is 0 Å². The number of hydrogen-bond acceptors (Lipinski definition) is 10. The lowest BCUT2D eigenvalue weighted by atomic mass is 9.99. The van der Waals surface area contributed by atoms with Crippen LogP contribution in [0.25, 0.3) is 21.2 Å². The number of fused-ring (bicyclic) bond motifs is 1. The maximum Gasteiger partial charge on any atom is 0.408 e. The van der Waals surface area contributed by atoms with Crippen LogP contribution in [-0.2, 0) is 24.4 Å². The first-order valence-electron chi connectivity index (χ1n) is 16.3. The van der Waals surface area contributed by atoms with Crippen molar-refractivity contribution in [2.75, 3.05) is 46.4 Å². The Morgan fingerprint density at radius 2 is 1.83 bits per heavy atom.